The van der Waals surface area contributed by atoms with Crippen LogP contribution in [0.1, 0.15) is 18.0 Å². The molecule has 2 heterocycles. The van der Waals surface area contributed by atoms with Gasteiger partial charge >= 0.3 is 0 Å². The van der Waals surface area contributed by atoms with Crippen LogP contribution in [0, 0.1) is 0 Å². The molecule has 0 aromatic carbocycles. The zero-order valence-corrected chi connectivity index (χ0v) is 5.62. The molecule has 1 aromatic heterocycles. The van der Waals surface area contributed by atoms with Crippen LogP contribution in [-0.2, 0) is 0 Å². The maximum atomic E-state index is 3.94. The van der Waals surface area contributed by atoms with Crippen molar-refractivity contribution < 1.29 is 0 Å². The number of aromatic nitrogens is 2. The van der Waals surface area contributed by atoms with E-state index in [9.17, 15) is 0 Å². The second-order valence-corrected chi connectivity index (χ2v) is 2.47. The minimum Gasteiger partial charge on any atom is -0.310 e. The summed E-state index contributed by atoms with van der Waals surface area (Å²) >= 11 is 0. The molecule has 0 radical (unpaired) electrons. The Morgan fingerprint density at radius 2 is 2.10 bits per heavy atom. The van der Waals surface area contributed by atoms with Gasteiger partial charge in [-0.05, 0) is 13.0 Å². The zero-order chi connectivity index (χ0) is 6.81. The third-order valence-electron chi connectivity index (χ3n) is 1.81. The highest BCUT2D eigenvalue weighted by molar-refractivity contribution is 5.11. The van der Waals surface area contributed by atoms with Crippen molar-refractivity contribution in [3.05, 3.63) is 24.3 Å². The van der Waals surface area contributed by atoms with E-state index < -0.39 is 0 Å². The molecular formula is C7H9N3. The van der Waals surface area contributed by atoms with Crippen molar-refractivity contribution >= 4 is 0 Å². The molecule has 1 fully saturated rings. The van der Waals surface area contributed by atoms with Crippen molar-refractivity contribution in [2.24, 2.45) is 0 Å². The zero-order valence-electron chi connectivity index (χ0n) is 5.62. The standard InChI is InChI=1S/C7H9N3/c1-2-10-7(1)6-3-8-5-9-4-6/h3-5,7,10H,1-2H2. The summed E-state index contributed by atoms with van der Waals surface area (Å²) in [6.07, 6.45) is 6.50. The smallest absolute Gasteiger partial charge is 0.115 e. The van der Waals surface area contributed by atoms with Gasteiger partial charge in [-0.3, -0.25) is 0 Å². The van der Waals surface area contributed by atoms with Crippen LogP contribution >= 0.6 is 0 Å². The van der Waals surface area contributed by atoms with Gasteiger partial charge in [-0.1, -0.05) is 0 Å². The van der Waals surface area contributed by atoms with Crippen molar-refractivity contribution in [1.29, 1.82) is 0 Å². The molecule has 0 bridgehead atoms. The third kappa shape index (κ3) is 0.885. The fourth-order valence-electron chi connectivity index (χ4n) is 1.06. The van der Waals surface area contributed by atoms with Crippen LogP contribution in [-0.4, -0.2) is 16.5 Å². The summed E-state index contributed by atoms with van der Waals surface area (Å²) < 4.78 is 0. The first kappa shape index (κ1) is 5.80. The van der Waals surface area contributed by atoms with Crippen molar-refractivity contribution in [3.63, 3.8) is 0 Å². The summed E-state index contributed by atoms with van der Waals surface area (Å²) in [6, 6.07) is 0.515. The second-order valence-electron chi connectivity index (χ2n) is 2.47. The first-order valence-corrected chi connectivity index (χ1v) is 3.45. The number of hydrogen-bond donors (Lipinski definition) is 1. The van der Waals surface area contributed by atoms with E-state index >= 15 is 0 Å². The van der Waals surface area contributed by atoms with Gasteiger partial charge in [0.15, 0.2) is 0 Å². The highest BCUT2D eigenvalue weighted by Crippen LogP contribution is 2.20. The Balaban J connectivity index is 2.18. The molecule has 0 aliphatic carbocycles. The van der Waals surface area contributed by atoms with E-state index in [2.05, 4.69) is 15.3 Å². The molecule has 52 valence electrons. The number of nitrogens with one attached hydrogen (secondary N) is 1. The van der Waals surface area contributed by atoms with Gasteiger partial charge < -0.3 is 5.32 Å². The molecule has 1 aliphatic heterocycles. The lowest BCUT2D eigenvalue weighted by Crippen LogP contribution is -2.34. The van der Waals surface area contributed by atoms with Gasteiger partial charge in [-0.2, -0.15) is 0 Å². The minimum absolute atomic E-state index is 0.515. The summed E-state index contributed by atoms with van der Waals surface area (Å²) in [5, 5.41) is 3.28. The third-order valence-corrected chi connectivity index (χ3v) is 1.81. The van der Waals surface area contributed by atoms with Gasteiger partial charge in [0.1, 0.15) is 6.33 Å². The van der Waals surface area contributed by atoms with Crippen LogP contribution in [0.2, 0.25) is 0 Å². The van der Waals surface area contributed by atoms with Crippen LogP contribution < -0.4 is 5.32 Å². The molecule has 1 N–H and O–H groups in total. The molecule has 1 aliphatic rings. The topological polar surface area (TPSA) is 37.8 Å². The molecule has 3 heteroatoms. The van der Waals surface area contributed by atoms with E-state index in [1.165, 1.54) is 12.0 Å². The average Bonchev–Trinajstić information content (AvgIpc) is 1.86. The molecule has 1 aromatic rings. The molecule has 0 amide bonds. The lowest BCUT2D eigenvalue weighted by atomic mass is 10.0. The highest BCUT2D eigenvalue weighted by Gasteiger charge is 2.17. The first-order chi connectivity index (χ1) is 4.97. The fraction of sp³-hybridized carbons (Fsp3) is 0.429. The normalized spacial score (nSPS) is 23.8. The molecular weight excluding hydrogens is 126 g/mol. The fourth-order valence-corrected chi connectivity index (χ4v) is 1.06. The Labute approximate surface area is 59.5 Å². The molecule has 1 atom stereocenters. The largest absolute Gasteiger partial charge is 0.310 e. The molecule has 1 unspecified atom stereocenters. The number of nitrogens with zero attached hydrogens (tertiary/aromatic N) is 2. The first-order valence-electron chi connectivity index (χ1n) is 3.45. The predicted octanol–water partition coefficient (Wildman–Crippen LogP) is 0.511. The maximum Gasteiger partial charge on any atom is 0.115 e. The predicted molar refractivity (Wildman–Crippen MR) is 37.4 cm³/mol. The van der Waals surface area contributed by atoms with E-state index in [1.807, 2.05) is 12.4 Å². The molecule has 0 spiro atoms. The van der Waals surface area contributed by atoms with E-state index in [1.54, 1.807) is 6.33 Å². The van der Waals surface area contributed by atoms with Crippen LogP contribution in [0.25, 0.3) is 0 Å². The van der Waals surface area contributed by atoms with Gasteiger partial charge in [0, 0.05) is 24.0 Å². The Kier molecular flexibility index (Phi) is 1.36. The van der Waals surface area contributed by atoms with Crippen LogP contribution in [0.3, 0.4) is 0 Å². The quantitative estimate of drug-likeness (QED) is 0.609. The SMILES string of the molecule is c1ncc(C2CCN2)cn1. The molecule has 0 saturated carbocycles. The van der Waals surface area contributed by atoms with Gasteiger partial charge in [0.2, 0.25) is 0 Å². The van der Waals surface area contributed by atoms with Crippen molar-refractivity contribution in [1.82, 2.24) is 15.3 Å². The van der Waals surface area contributed by atoms with E-state index in [-0.39, 0.29) is 0 Å². The minimum atomic E-state index is 0.515. The van der Waals surface area contributed by atoms with Gasteiger partial charge in [-0.25, -0.2) is 9.97 Å². The second kappa shape index (κ2) is 2.34. The van der Waals surface area contributed by atoms with E-state index in [0.29, 0.717) is 6.04 Å². The molecule has 10 heavy (non-hydrogen) atoms. The van der Waals surface area contributed by atoms with Gasteiger partial charge in [0.05, 0.1) is 0 Å². The summed E-state index contributed by atoms with van der Waals surface area (Å²) in [5.41, 5.74) is 1.20. The summed E-state index contributed by atoms with van der Waals surface area (Å²) in [6.45, 7) is 1.12. The summed E-state index contributed by atoms with van der Waals surface area (Å²) in [7, 11) is 0. The van der Waals surface area contributed by atoms with Crippen LogP contribution in [0.15, 0.2) is 18.7 Å². The number of hydrogen-bond acceptors (Lipinski definition) is 3. The monoisotopic (exact) mass is 135 g/mol. The highest BCUT2D eigenvalue weighted by atomic mass is 15.0. The molecule has 1 saturated heterocycles. The summed E-state index contributed by atoms with van der Waals surface area (Å²) in [5.74, 6) is 0. The van der Waals surface area contributed by atoms with Crippen molar-refractivity contribution in [3.8, 4) is 0 Å². The van der Waals surface area contributed by atoms with E-state index in [0.717, 1.165) is 6.54 Å². The Morgan fingerprint density at radius 3 is 2.60 bits per heavy atom. The maximum absolute atomic E-state index is 3.94. The Hall–Kier alpha value is -0.960. The van der Waals surface area contributed by atoms with Crippen LogP contribution in [0.5, 0.6) is 0 Å². The molecule has 2 rings (SSSR count). The Bertz CT molecular complexity index is 205. The van der Waals surface area contributed by atoms with Crippen molar-refractivity contribution in [2.75, 3.05) is 6.54 Å². The summed E-state index contributed by atoms with van der Waals surface area (Å²) in [4.78, 5) is 7.87. The van der Waals surface area contributed by atoms with E-state index in [4.69, 9.17) is 0 Å². The van der Waals surface area contributed by atoms with Gasteiger partial charge in [0.25, 0.3) is 0 Å². The number of rotatable bonds is 1. The average molecular weight is 135 g/mol. The lowest BCUT2D eigenvalue weighted by molar-refractivity contribution is 0.381. The molecule has 3 nitrogen and oxygen atoms in total. The van der Waals surface area contributed by atoms with Crippen LogP contribution in [0.4, 0.5) is 0 Å². The van der Waals surface area contributed by atoms with Crippen molar-refractivity contribution in [2.45, 2.75) is 12.5 Å². The van der Waals surface area contributed by atoms with Gasteiger partial charge in [-0.15, -0.1) is 0 Å². The Morgan fingerprint density at radius 1 is 1.40 bits per heavy atom. The lowest BCUT2D eigenvalue weighted by Gasteiger charge is -2.26.